The van der Waals surface area contributed by atoms with Gasteiger partial charge in [0.2, 0.25) is 0 Å². The summed E-state index contributed by atoms with van der Waals surface area (Å²) in [7, 11) is 0. The Morgan fingerprint density at radius 1 is 1.33 bits per heavy atom. The first-order valence-corrected chi connectivity index (χ1v) is 7.27. The van der Waals surface area contributed by atoms with E-state index in [4.69, 9.17) is 0 Å². The molecule has 2 aliphatic rings. The van der Waals surface area contributed by atoms with Gasteiger partial charge >= 0.3 is 0 Å². The van der Waals surface area contributed by atoms with Crippen LogP contribution in [0.4, 0.5) is 0 Å². The second kappa shape index (κ2) is 5.81. The van der Waals surface area contributed by atoms with Crippen molar-refractivity contribution in [2.24, 2.45) is 5.92 Å². The van der Waals surface area contributed by atoms with Crippen LogP contribution in [0.3, 0.4) is 0 Å². The number of nitrogens with zero attached hydrogens (tertiary/aromatic N) is 1. The molecule has 0 spiro atoms. The molecule has 3 rings (SSSR count). The van der Waals surface area contributed by atoms with Crippen molar-refractivity contribution in [2.45, 2.75) is 37.6 Å². The summed E-state index contributed by atoms with van der Waals surface area (Å²) in [6, 6.07) is 4.95. The van der Waals surface area contributed by atoms with E-state index in [1.807, 2.05) is 18.5 Å². The van der Waals surface area contributed by atoms with Gasteiger partial charge in [0.05, 0.1) is 0 Å². The first-order valence-electron chi connectivity index (χ1n) is 7.27. The van der Waals surface area contributed by atoms with Gasteiger partial charge in [0.15, 0.2) is 0 Å². The zero-order valence-corrected chi connectivity index (χ0v) is 10.9. The summed E-state index contributed by atoms with van der Waals surface area (Å²) in [5, 5.41) is 7.13. The van der Waals surface area contributed by atoms with Crippen LogP contribution in [0.2, 0.25) is 0 Å². The van der Waals surface area contributed by atoms with Crippen LogP contribution in [0.25, 0.3) is 0 Å². The number of hydrogen-bond donors (Lipinski definition) is 2. The molecule has 0 aromatic carbocycles. The molecule has 2 heterocycles. The third kappa shape index (κ3) is 3.09. The van der Waals surface area contributed by atoms with E-state index in [9.17, 15) is 0 Å². The third-order valence-electron chi connectivity index (χ3n) is 4.32. The standard InChI is InChI=1S/C15H23N3/c1-2-13(11-17-6-1)14-10-15(14)18-9-5-12-3-7-16-8-4-12/h1-2,6,11-12,14-16,18H,3-5,7-10H2. The Morgan fingerprint density at radius 3 is 3.00 bits per heavy atom. The van der Waals surface area contributed by atoms with Crippen molar-refractivity contribution in [1.82, 2.24) is 15.6 Å². The molecule has 1 saturated heterocycles. The molecule has 1 aliphatic carbocycles. The summed E-state index contributed by atoms with van der Waals surface area (Å²) < 4.78 is 0. The molecule has 0 amide bonds. The van der Waals surface area contributed by atoms with Gasteiger partial charge in [-0.25, -0.2) is 0 Å². The highest BCUT2D eigenvalue weighted by Crippen LogP contribution is 2.40. The minimum atomic E-state index is 0.705. The Kier molecular flexibility index (Phi) is 3.91. The molecule has 2 unspecified atom stereocenters. The molecule has 18 heavy (non-hydrogen) atoms. The Bertz CT molecular complexity index is 359. The van der Waals surface area contributed by atoms with Gasteiger partial charge in [-0.05, 0) is 62.9 Å². The smallest absolute Gasteiger partial charge is 0.0303 e. The molecule has 0 radical (unpaired) electrons. The van der Waals surface area contributed by atoms with Crippen molar-refractivity contribution in [3.05, 3.63) is 30.1 Å². The van der Waals surface area contributed by atoms with Crippen LogP contribution in [0.1, 0.15) is 37.2 Å². The van der Waals surface area contributed by atoms with Gasteiger partial charge in [0.25, 0.3) is 0 Å². The molecular formula is C15H23N3. The molecule has 2 N–H and O–H groups in total. The molecule has 3 heteroatoms. The van der Waals surface area contributed by atoms with Crippen LogP contribution in [0, 0.1) is 5.92 Å². The first-order chi connectivity index (χ1) is 8.93. The Hall–Kier alpha value is -0.930. The van der Waals surface area contributed by atoms with E-state index >= 15 is 0 Å². The van der Waals surface area contributed by atoms with Crippen molar-refractivity contribution in [2.75, 3.05) is 19.6 Å². The zero-order valence-electron chi connectivity index (χ0n) is 10.9. The van der Waals surface area contributed by atoms with Crippen molar-refractivity contribution >= 4 is 0 Å². The maximum absolute atomic E-state index is 4.20. The fourth-order valence-corrected chi connectivity index (χ4v) is 3.03. The predicted octanol–water partition coefficient (Wildman–Crippen LogP) is 1.92. The van der Waals surface area contributed by atoms with Crippen LogP contribution in [-0.2, 0) is 0 Å². The summed E-state index contributed by atoms with van der Waals surface area (Å²) in [6.45, 7) is 3.62. The molecule has 1 aromatic heterocycles. The van der Waals surface area contributed by atoms with E-state index in [1.54, 1.807) is 0 Å². The fraction of sp³-hybridized carbons (Fsp3) is 0.667. The van der Waals surface area contributed by atoms with E-state index in [2.05, 4.69) is 21.7 Å². The van der Waals surface area contributed by atoms with Gasteiger partial charge in [-0.1, -0.05) is 6.07 Å². The van der Waals surface area contributed by atoms with E-state index in [0.717, 1.165) is 5.92 Å². The molecular weight excluding hydrogens is 222 g/mol. The van der Waals surface area contributed by atoms with Crippen LogP contribution in [-0.4, -0.2) is 30.7 Å². The molecule has 1 aliphatic heterocycles. The lowest BCUT2D eigenvalue weighted by atomic mass is 9.95. The minimum Gasteiger partial charge on any atom is -0.317 e. The Balaban J connectivity index is 1.36. The van der Waals surface area contributed by atoms with Gasteiger partial charge in [-0.3, -0.25) is 4.98 Å². The monoisotopic (exact) mass is 245 g/mol. The molecule has 2 fully saturated rings. The van der Waals surface area contributed by atoms with Crippen LogP contribution < -0.4 is 10.6 Å². The summed E-state index contributed by atoms with van der Waals surface area (Å²) in [5.74, 6) is 1.65. The van der Waals surface area contributed by atoms with Crippen molar-refractivity contribution < 1.29 is 0 Å². The van der Waals surface area contributed by atoms with Crippen LogP contribution in [0.15, 0.2) is 24.5 Å². The van der Waals surface area contributed by atoms with Gasteiger partial charge in [-0.15, -0.1) is 0 Å². The number of nitrogens with one attached hydrogen (secondary N) is 2. The highest BCUT2D eigenvalue weighted by molar-refractivity contribution is 5.24. The molecule has 1 aromatic rings. The van der Waals surface area contributed by atoms with Gasteiger partial charge in [-0.2, -0.15) is 0 Å². The first kappa shape index (κ1) is 12.1. The summed E-state index contributed by atoms with van der Waals surface area (Å²) >= 11 is 0. The Labute approximate surface area is 109 Å². The molecule has 1 saturated carbocycles. The van der Waals surface area contributed by atoms with Crippen molar-refractivity contribution in [3.63, 3.8) is 0 Å². The van der Waals surface area contributed by atoms with E-state index in [1.165, 1.54) is 50.9 Å². The fourth-order valence-electron chi connectivity index (χ4n) is 3.03. The largest absolute Gasteiger partial charge is 0.317 e. The molecule has 98 valence electrons. The van der Waals surface area contributed by atoms with Gasteiger partial charge in [0.1, 0.15) is 0 Å². The average molecular weight is 245 g/mol. The number of hydrogen-bond acceptors (Lipinski definition) is 3. The SMILES string of the molecule is c1cncc(C2CC2NCCC2CCNCC2)c1. The number of rotatable bonds is 5. The van der Waals surface area contributed by atoms with Crippen LogP contribution >= 0.6 is 0 Å². The number of piperidine rings is 1. The Morgan fingerprint density at radius 2 is 2.22 bits per heavy atom. The van der Waals surface area contributed by atoms with E-state index in [-0.39, 0.29) is 0 Å². The van der Waals surface area contributed by atoms with E-state index < -0.39 is 0 Å². The lowest BCUT2D eigenvalue weighted by Gasteiger charge is -2.22. The van der Waals surface area contributed by atoms with Crippen molar-refractivity contribution in [1.29, 1.82) is 0 Å². The highest BCUT2D eigenvalue weighted by atomic mass is 15.0. The minimum absolute atomic E-state index is 0.705. The summed E-state index contributed by atoms with van der Waals surface area (Å²) in [6.07, 6.45) is 9.22. The second-order valence-electron chi connectivity index (χ2n) is 5.67. The maximum atomic E-state index is 4.20. The number of aromatic nitrogens is 1. The average Bonchev–Trinajstić information content (AvgIpc) is 3.21. The normalized spacial score (nSPS) is 28.2. The summed E-state index contributed by atoms with van der Waals surface area (Å²) in [5.41, 5.74) is 1.40. The lowest BCUT2D eigenvalue weighted by Crippen LogP contribution is -2.30. The maximum Gasteiger partial charge on any atom is 0.0303 e. The second-order valence-corrected chi connectivity index (χ2v) is 5.67. The molecule has 2 atom stereocenters. The van der Waals surface area contributed by atoms with Crippen LogP contribution in [0.5, 0.6) is 0 Å². The number of pyridine rings is 1. The van der Waals surface area contributed by atoms with E-state index in [0.29, 0.717) is 12.0 Å². The topological polar surface area (TPSA) is 37.0 Å². The third-order valence-corrected chi connectivity index (χ3v) is 4.32. The quantitative estimate of drug-likeness (QED) is 0.832. The zero-order chi connectivity index (χ0) is 12.2. The molecule has 0 bridgehead atoms. The van der Waals surface area contributed by atoms with Crippen molar-refractivity contribution in [3.8, 4) is 0 Å². The van der Waals surface area contributed by atoms with Gasteiger partial charge in [0, 0.05) is 24.4 Å². The summed E-state index contributed by atoms with van der Waals surface area (Å²) in [4.78, 5) is 4.20. The predicted molar refractivity (Wildman–Crippen MR) is 73.6 cm³/mol. The highest BCUT2D eigenvalue weighted by Gasteiger charge is 2.37. The lowest BCUT2D eigenvalue weighted by molar-refractivity contribution is 0.347. The van der Waals surface area contributed by atoms with Gasteiger partial charge < -0.3 is 10.6 Å². The molecule has 3 nitrogen and oxygen atoms in total.